The highest BCUT2D eigenvalue weighted by atomic mass is 16.5. The van der Waals surface area contributed by atoms with Crippen LogP contribution in [0.25, 0.3) is 0 Å². The van der Waals surface area contributed by atoms with Crippen molar-refractivity contribution in [3.05, 3.63) is 35.4 Å². The van der Waals surface area contributed by atoms with Crippen LogP contribution in [0.2, 0.25) is 0 Å². The molecule has 0 heterocycles. The Labute approximate surface area is 120 Å². The van der Waals surface area contributed by atoms with E-state index in [1.807, 2.05) is 18.2 Å². The fourth-order valence-corrected chi connectivity index (χ4v) is 3.02. The van der Waals surface area contributed by atoms with Gasteiger partial charge in [-0.15, -0.1) is 0 Å². The van der Waals surface area contributed by atoms with E-state index in [4.69, 9.17) is 9.47 Å². The molecule has 108 valence electrons. The highest BCUT2D eigenvalue weighted by Gasteiger charge is 2.32. The van der Waals surface area contributed by atoms with Crippen molar-refractivity contribution in [1.82, 2.24) is 0 Å². The quantitative estimate of drug-likeness (QED) is 0.785. The van der Waals surface area contributed by atoms with Crippen LogP contribution in [0.3, 0.4) is 0 Å². The van der Waals surface area contributed by atoms with Gasteiger partial charge in [0, 0.05) is 17.4 Å². The van der Waals surface area contributed by atoms with E-state index in [9.17, 15) is 4.79 Å². The number of allylic oxidation sites excluding steroid dienone is 2. The zero-order valence-electron chi connectivity index (χ0n) is 12.6. The first-order valence-electron chi connectivity index (χ1n) is 6.97. The summed E-state index contributed by atoms with van der Waals surface area (Å²) in [6.45, 7) is 3.79. The van der Waals surface area contributed by atoms with Gasteiger partial charge in [0.1, 0.15) is 17.3 Å². The molecule has 0 aliphatic heterocycles. The highest BCUT2D eigenvalue weighted by molar-refractivity contribution is 5.80. The summed E-state index contributed by atoms with van der Waals surface area (Å²) in [5.74, 6) is 1.83. The Bertz CT molecular complexity index is 509. The fraction of sp³-hybridized carbons (Fsp3) is 0.471. The van der Waals surface area contributed by atoms with Crippen molar-refractivity contribution in [3.63, 3.8) is 0 Å². The third-order valence-electron chi connectivity index (χ3n) is 4.07. The summed E-state index contributed by atoms with van der Waals surface area (Å²) in [6, 6.07) is 5.75. The molecule has 0 spiro atoms. The van der Waals surface area contributed by atoms with Gasteiger partial charge in [-0.3, -0.25) is 4.79 Å². The molecule has 2 atom stereocenters. The van der Waals surface area contributed by atoms with Crippen LogP contribution in [-0.4, -0.2) is 20.0 Å². The normalized spacial score (nSPS) is 22.1. The van der Waals surface area contributed by atoms with Crippen LogP contribution >= 0.6 is 0 Å². The lowest BCUT2D eigenvalue weighted by molar-refractivity contribution is -0.121. The van der Waals surface area contributed by atoms with Crippen LogP contribution in [0.1, 0.15) is 38.2 Å². The molecule has 1 aromatic carbocycles. The number of Topliss-reactive ketones (excluding diaryl/α,β-unsaturated/α-hetero) is 1. The molecule has 0 unspecified atom stereocenters. The number of hydrogen-bond acceptors (Lipinski definition) is 3. The first-order valence-corrected chi connectivity index (χ1v) is 6.97. The van der Waals surface area contributed by atoms with Gasteiger partial charge >= 0.3 is 0 Å². The Morgan fingerprint density at radius 1 is 1.20 bits per heavy atom. The molecule has 0 N–H and O–H groups in total. The van der Waals surface area contributed by atoms with Crippen LogP contribution in [0.15, 0.2) is 29.8 Å². The van der Waals surface area contributed by atoms with Gasteiger partial charge in [0.25, 0.3) is 0 Å². The molecule has 1 aliphatic rings. The van der Waals surface area contributed by atoms with Crippen molar-refractivity contribution in [3.8, 4) is 11.5 Å². The van der Waals surface area contributed by atoms with E-state index in [-0.39, 0.29) is 17.6 Å². The van der Waals surface area contributed by atoms with E-state index in [0.29, 0.717) is 0 Å². The maximum atomic E-state index is 12.0. The maximum absolute atomic E-state index is 12.0. The monoisotopic (exact) mass is 274 g/mol. The zero-order valence-corrected chi connectivity index (χ0v) is 12.6. The second-order valence-corrected chi connectivity index (χ2v) is 5.37. The Hall–Kier alpha value is -1.77. The first kappa shape index (κ1) is 14.6. The Morgan fingerprint density at radius 2 is 1.80 bits per heavy atom. The molecule has 0 bridgehead atoms. The van der Waals surface area contributed by atoms with Crippen molar-refractivity contribution >= 4 is 5.78 Å². The van der Waals surface area contributed by atoms with Crippen molar-refractivity contribution < 1.29 is 14.3 Å². The molecule has 0 aromatic heterocycles. The second-order valence-electron chi connectivity index (χ2n) is 5.37. The number of ether oxygens (including phenoxy) is 2. The van der Waals surface area contributed by atoms with Crippen LogP contribution in [0, 0.1) is 5.92 Å². The average molecular weight is 274 g/mol. The molecule has 2 rings (SSSR count). The van der Waals surface area contributed by atoms with E-state index in [2.05, 4.69) is 13.0 Å². The van der Waals surface area contributed by atoms with E-state index < -0.39 is 0 Å². The Balaban J connectivity index is 2.56. The largest absolute Gasteiger partial charge is 0.496 e. The standard InChI is InChI=1S/C17H22O3/c1-11-8-9-13(12(2)18)14(10-11)17-15(19-3)6-5-7-16(17)20-4/h5-7,10,13-14H,8-9H2,1-4H3/t13-,14+/m0/s1. The molecular formula is C17H22O3. The predicted octanol–water partition coefficient (Wildman–Crippen LogP) is 3.73. The molecule has 1 aliphatic carbocycles. The molecule has 0 amide bonds. The van der Waals surface area contributed by atoms with Gasteiger partial charge in [0.15, 0.2) is 0 Å². The first-order chi connectivity index (χ1) is 9.58. The number of hydrogen-bond donors (Lipinski definition) is 0. The summed E-state index contributed by atoms with van der Waals surface area (Å²) < 4.78 is 11.0. The number of ketones is 1. The minimum atomic E-state index is 0.00361. The van der Waals surface area contributed by atoms with Crippen LogP contribution < -0.4 is 9.47 Å². The third-order valence-corrected chi connectivity index (χ3v) is 4.07. The second kappa shape index (κ2) is 6.12. The van der Waals surface area contributed by atoms with Crippen LogP contribution in [0.5, 0.6) is 11.5 Å². The molecule has 0 fully saturated rings. The van der Waals surface area contributed by atoms with Gasteiger partial charge < -0.3 is 9.47 Å². The number of rotatable bonds is 4. The van der Waals surface area contributed by atoms with E-state index >= 15 is 0 Å². The Morgan fingerprint density at radius 3 is 2.30 bits per heavy atom. The van der Waals surface area contributed by atoms with Gasteiger partial charge in [-0.2, -0.15) is 0 Å². The lowest BCUT2D eigenvalue weighted by atomic mass is 9.75. The highest BCUT2D eigenvalue weighted by Crippen LogP contribution is 2.44. The summed E-state index contributed by atoms with van der Waals surface area (Å²) in [5.41, 5.74) is 2.30. The Kier molecular flexibility index (Phi) is 4.48. The van der Waals surface area contributed by atoms with Crippen molar-refractivity contribution in [2.45, 2.75) is 32.6 Å². The smallest absolute Gasteiger partial charge is 0.133 e. The molecule has 20 heavy (non-hydrogen) atoms. The number of benzene rings is 1. The summed E-state index contributed by atoms with van der Waals surface area (Å²) in [6.07, 6.45) is 4.07. The minimum absolute atomic E-state index is 0.00361. The van der Waals surface area contributed by atoms with Crippen molar-refractivity contribution in [2.75, 3.05) is 14.2 Å². The zero-order chi connectivity index (χ0) is 14.7. The van der Waals surface area contributed by atoms with Gasteiger partial charge in [-0.1, -0.05) is 17.7 Å². The fourth-order valence-electron chi connectivity index (χ4n) is 3.02. The summed E-state index contributed by atoms with van der Waals surface area (Å²) in [5, 5.41) is 0. The van der Waals surface area contributed by atoms with Crippen molar-refractivity contribution in [1.29, 1.82) is 0 Å². The van der Waals surface area contributed by atoms with Gasteiger partial charge in [0.05, 0.1) is 14.2 Å². The molecular weight excluding hydrogens is 252 g/mol. The van der Waals surface area contributed by atoms with Crippen molar-refractivity contribution in [2.24, 2.45) is 5.92 Å². The van der Waals surface area contributed by atoms with E-state index in [1.54, 1.807) is 21.1 Å². The van der Waals surface area contributed by atoms with Crippen LogP contribution in [0.4, 0.5) is 0 Å². The van der Waals surface area contributed by atoms with E-state index in [1.165, 1.54) is 5.57 Å². The summed E-state index contributed by atoms with van der Waals surface area (Å²) >= 11 is 0. The topological polar surface area (TPSA) is 35.5 Å². The van der Waals surface area contributed by atoms with Gasteiger partial charge in [-0.05, 0) is 38.8 Å². The summed E-state index contributed by atoms with van der Waals surface area (Å²) in [7, 11) is 3.31. The van der Waals surface area contributed by atoms with Gasteiger partial charge in [-0.25, -0.2) is 0 Å². The minimum Gasteiger partial charge on any atom is -0.496 e. The third kappa shape index (κ3) is 2.72. The van der Waals surface area contributed by atoms with Crippen LogP contribution in [-0.2, 0) is 4.79 Å². The van der Waals surface area contributed by atoms with E-state index in [0.717, 1.165) is 29.9 Å². The average Bonchev–Trinajstić information content (AvgIpc) is 2.45. The SMILES string of the molecule is COc1cccc(OC)c1[C@@H]1C=C(C)CC[C@H]1C(C)=O. The summed E-state index contributed by atoms with van der Waals surface area (Å²) in [4.78, 5) is 12.0. The molecule has 0 radical (unpaired) electrons. The number of carbonyl (C=O) groups excluding carboxylic acids is 1. The lowest BCUT2D eigenvalue weighted by Gasteiger charge is -2.30. The number of carbonyl (C=O) groups is 1. The predicted molar refractivity (Wildman–Crippen MR) is 79.4 cm³/mol. The maximum Gasteiger partial charge on any atom is 0.133 e. The molecule has 1 aromatic rings. The molecule has 3 nitrogen and oxygen atoms in total. The molecule has 0 saturated heterocycles. The lowest BCUT2D eigenvalue weighted by Crippen LogP contribution is -2.23. The number of methoxy groups -OCH3 is 2. The van der Waals surface area contributed by atoms with Gasteiger partial charge in [0.2, 0.25) is 0 Å². The molecule has 3 heteroatoms. The molecule has 0 saturated carbocycles.